The fourth-order valence-corrected chi connectivity index (χ4v) is 0.903. The first-order chi connectivity index (χ1) is 6.15. The lowest BCUT2D eigenvalue weighted by Crippen LogP contribution is -2.10. The normalized spacial score (nSPS) is 10.1. The second-order valence-corrected chi connectivity index (χ2v) is 2.84. The summed E-state index contributed by atoms with van der Waals surface area (Å²) in [6.45, 7) is 7.26. The molecule has 0 N–H and O–H groups in total. The molecule has 0 saturated heterocycles. The third kappa shape index (κ3) is 2.18. The largest absolute Gasteiger partial charge is 0.389 e. The average Bonchev–Trinajstić information content (AvgIpc) is 2.52. The molecule has 1 rings (SSSR count). The molecule has 1 aromatic heterocycles. The molecular weight excluding hydrogens is 168 g/mol. The Bertz CT molecular complexity index is 315. The first-order valence-corrected chi connectivity index (χ1v) is 4.02. The molecule has 0 radical (unpaired) electrons. The van der Waals surface area contributed by atoms with Gasteiger partial charge in [-0.15, -0.1) is 0 Å². The summed E-state index contributed by atoms with van der Waals surface area (Å²) < 4.78 is 6.66. The van der Waals surface area contributed by atoms with E-state index in [-0.39, 0.29) is 6.04 Å². The van der Waals surface area contributed by atoms with Crippen LogP contribution >= 0.6 is 0 Å². The number of ether oxygens (including phenoxy) is 1. The minimum atomic E-state index is -0.492. The highest BCUT2D eigenvalue weighted by Crippen LogP contribution is 2.14. The molecule has 0 aromatic carbocycles. The summed E-state index contributed by atoms with van der Waals surface area (Å²) in [5.41, 5.74) is 0. The highest BCUT2D eigenvalue weighted by molar-refractivity contribution is 5.82. The molecule has 0 fully saturated rings. The zero-order chi connectivity index (χ0) is 9.84. The predicted octanol–water partition coefficient (Wildman–Crippen LogP) is 1.56. The maximum atomic E-state index is 10.9. The molecule has 0 amide bonds. The van der Waals surface area contributed by atoms with Crippen LogP contribution in [-0.4, -0.2) is 15.5 Å². The number of hydrogen-bond acceptors (Lipinski definition) is 3. The summed E-state index contributed by atoms with van der Waals surface area (Å²) in [5.74, 6) is -0.492. The van der Waals surface area contributed by atoms with Gasteiger partial charge in [-0.3, -0.25) is 4.57 Å². The molecule has 0 bridgehead atoms. The first-order valence-electron chi connectivity index (χ1n) is 4.02. The van der Waals surface area contributed by atoms with Crippen LogP contribution in [0.4, 0.5) is 0 Å². The van der Waals surface area contributed by atoms with Gasteiger partial charge in [-0.2, -0.15) is 0 Å². The molecule has 0 aliphatic carbocycles. The van der Waals surface area contributed by atoms with Crippen molar-refractivity contribution < 1.29 is 9.53 Å². The van der Waals surface area contributed by atoms with Crippen molar-refractivity contribution in [1.82, 2.24) is 9.55 Å². The lowest BCUT2D eigenvalue weighted by atomic mass is 10.4. The van der Waals surface area contributed by atoms with Gasteiger partial charge >= 0.3 is 12.0 Å². The molecule has 0 aliphatic heterocycles. The van der Waals surface area contributed by atoms with Crippen molar-refractivity contribution in [2.24, 2.45) is 0 Å². The van der Waals surface area contributed by atoms with Crippen molar-refractivity contribution in [3.05, 3.63) is 25.0 Å². The Morgan fingerprint density at radius 3 is 3.00 bits per heavy atom. The van der Waals surface area contributed by atoms with E-state index in [1.54, 1.807) is 17.0 Å². The molecule has 4 heteroatoms. The standard InChI is InChI=1S/C9H12N2O2/c1-4-8(12)13-9-10-5-6-11(9)7(2)3/h4-7H,1H2,2-3H3. The Balaban J connectivity index is 2.82. The van der Waals surface area contributed by atoms with E-state index in [1.807, 2.05) is 13.8 Å². The van der Waals surface area contributed by atoms with Crippen molar-refractivity contribution >= 4 is 5.97 Å². The van der Waals surface area contributed by atoms with Gasteiger partial charge in [0.05, 0.1) is 0 Å². The van der Waals surface area contributed by atoms with Crippen molar-refractivity contribution in [1.29, 1.82) is 0 Å². The van der Waals surface area contributed by atoms with Crippen LogP contribution in [0.2, 0.25) is 0 Å². The summed E-state index contributed by atoms with van der Waals surface area (Å²) in [6, 6.07) is 0.523. The van der Waals surface area contributed by atoms with E-state index in [0.29, 0.717) is 6.01 Å². The van der Waals surface area contributed by atoms with Gasteiger partial charge in [0.1, 0.15) is 0 Å². The van der Waals surface area contributed by atoms with Gasteiger partial charge in [0.25, 0.3) is 0 Å². The van der Waals surface area contributed by atoms with Crippen molar-refractivity contribution in [3.63, 3.8) is 0 Å². The lowest BCUT2D eigenvalue weighted by Gasteiger charge is -2.09. The number of carbonyl (C=O) groups is 1. The molecule has 1 aromatic rings. The predicted molar refractivity (Wildman–Crippen MR) is 48.4 cm³/mol. The zero-order valence-corrected chi connectivity index (χ0v) is 7.73. The van der Waals surface area contributed by atoms with Gasteiger partial charge in [0.2, 0.25) is 0 Å². The lowest BCUT2D eigenvalue weighted by molar-refractivity contribution is -0.129. The summed E-state index contributed by atoms with van der Waals surface area (Å²) in [6.07, 6.45) is 4.46. The number of esters is 1. The Kier molecular flexibility index (Phi) is 2.84. The van der Waals surface area contributed by atoms with Crippen LogP contribution in [-0.2, 0) is 4.79 Å². The summed E-state index contributed by atoms with van der Waals surface area (Å²) >= 11 is 0. The second kappa shape index (κ2) is 3.89. The minimum absolute atomic E-state index is 0.218. The molecule has 4 nitrogen and oxygen atoms in total. The topological polar surface area (TPSA) is 44.1 Å². The SMILES string of the molecule is C=CC(=O)Oc1nccn1C(C)C. The van der Waals surface area contributed by atoms with E-state index < -0.39 is 5.97 Å². The summed E-state index contributed by atoms with van der Waals surface area (Å²) in [7, 11) is 0. The molecular formula is C9H12N2O2. The van der Waals surface area contributed by atoms with Crippen LogP contribution < -0.4 is 4.74 Å². The Morgan fingerprint density at radius 1 is 1.77 bits per heavy atom. The van der Waals surface area contributed by atoms with Crippen LogP contribution in [0.15, 0.2) is 25.0 Å². The summed E-state index contributed by atoms with van der Waals surface area (Å²) in [4.78, 5) is 14.8. The quantitative estimate of drug-likeness (QED) is 0.523. The van der Waals surface area contributed by atoms with Crippen LogP contribution in [0.1, 0.15) is 19.9 Å². The number of aromatic nitrogens is 2. The zero-order valence-electron chi connectivity index (χ0n) is 7.73. The average molecular weight is 180 g/mol. The number of nitrogens with zero attached hydrogens (tertiary/aromatic N) is 2. The molecule has 0 saturated carbocycles. The summed E-state index contributed by atoms with van der Waals surface area (Å²) in [5, 5.41) is 0. The fourth-order valence-electron chi connectivity index (χ4n) is 0.903. The van der Waals surface area contributed by atoms with E-state index in [0.717, 1.165) is 6.08 Å². The third-order valence-corrected chi connectivity index (χ3v) is 1.55. The van der Waals surface area contributed by atoms with Crippen LogP contribution in [0.3, 0.4) is 0 Å². The van der Waals surface area contributed by atoms with E-state index in [1.165, 1.54) is 0 Å². The third-order valence-electron chi connectivity index (χ3n) is 1.55. The van der Waals surface area contributed by atoms with Gasteiger partial charge in [0, 0.05) is 24.5 Å². The Morgan fingerprint density at radius 2 is 2.46 bits per heavy atom. The minimum Gasteiger partial charge on any atom is -0.389 e. The van der Waals surface area contributed by atoms with E-state index >= 15 is 0 Å². The Labute approximate surface area is 76.8 Å². The van der Waals surface area contributed by atoms with Gasteiger partial charge in [-0.25, -0.2) is 9.78 Å². The number of hydrogen-bond donors (Lipinski definition) is 0. The smallest absolute Gasteiger partial charge is 0.337 e. The Hall–Kier alpha value is -1.58. The molecule has 1 heterocycles. The van der Waals surface area contributed by atoms with Crippen LogP contribution in [0.25, 0.3) is 0 Å². The number of imidazole rings is 1. The van der Waals surface area contributed by atoms with Crippen LogP contribution in [0, 0.1) is 0 Å². The number of rotatable bonds is 3. The molecule has 13 heavy (non-hydrogen) atoms. The molecule has 0 spiro atoms. The van der Waals surface area contributed by atoms with E-state index in [2.05, 4.69) is 11.6 Å². The van der Waals surface area contributed by atoms with Gasteiger partial charge in [-0.05, 0) is 13.8 Å². The van der Waals surface area contributed by atoms with E-state index in [9.17, 15) is 4.79 Å². The fraction of sp³-hybridized carbons (Fsp3) is 0.333. The highest BCUT2D eigenvalue weighted by atomic mass is 16.5. The maximum absolute atomic E-state index is 10.9. The molecule has 0 unspecified atom stereocenters. The van der Waals surface area contributed by atoms with Gasteiger partial charge < -0.3 is 4.74 Å². The van der Waals surface area contributed by atoms with Crippen LogP contribution in [0.5, 0.6) is 6.01 Å². The van der Waals surface area contributed by atoms with Gasteiger partial charge in [-0.1, -0.05) is 6.58 Å². The van der Waals surface area contributed by atoms with Gasteiger partial charge in [0.15, 0.2) is 0 Å². The second-order valence-electron chi connectivity index (χ2n) is 2.84. The monoisotopic (exact) mass is 180 g/mol. The van der Waals surface area contributed by atoms with Crippen molar-refractivity contribution in [2.75, 3.05) is 0 Å². The first kappa shape index (κ1) is 9.51. The highest BCUT2D eigenvalue weighted by Gasteiger charge is 2.09. The van der Waals surface area contributed by atoms with E-state index in [4.69, 9.17) is 4.74 Å². The molecule has 0 aliphatic rings. The number of carbonyl (C=O) groups excluding carboxylic acids is 1. The molecule has 70 valence electrons. The van der Waals surface area contributed by atoms with Crippen molar-refractivity contribution in [3.8, 4) is 6.01 Å². The van der Waals surface area contributed by atoms with Crippen molar-refractivity contribution in [2.45, 2.75) is 19.9 Å². The maximum Gasteiger partial charge on any atom is 0.337 e. The molecule has 0 atom stereocenters.